The van der Waals surface area contributed by atoms with Crippen LogP contribution in [-0.4, -0.2) is 48.9 Å². The zero-order valence-electron chi connectivity index (χ0n) is 9.33. The lowest BCUT2D eigenvalue weighted by molar-refractivity contribution is 0.113. The van der Waals surface area contributed by atoms with Crippen LogP contribution in [0.15, 0.2) is 23.2 Å². The van der Waals surface area contributed by atoms with Crippen molar-refractivity contribution >= 4 is 15.8 Å². The third kappa shape index (κ3) is 3.59. The number of sulfonamides is 1. The first-order valence-electron chi connectivity index (χ1n) is 4.98. The van der Waals surface area contributed by atoms with E-state index in [1.54, 1.807) is 0 Å². The van der Waals surface area contributed by atoms with Crippen LogP contribution in [0.4, 0.5) is 14.6 Å². The predicted molar refractivity (Wildman–Crippen MR) is 60.5 cm³/mol. The maximum Gasteiger partial charge on any atom is 0.252 e. The Morgan fingerprint density at radius 1 is 1.50 bits per heavy atom. The van der Waals surface area contributed by atoms with Crippen molar-refractivity contribution in [3.8, 4) is 0 Å². The van der Waals surface area contributed by atoms with Gasteiger partial charge in [0.15, 0.2) is 0 Å². The minimum Gasteiger partial charge on any atom is -0.395 e. The largest absolute Gasteiger partial charge is 0.395 e. The quantitative estimate of drug-likeness (QED) is 0.759. The summed E-state index contributed by atoms with van der Waals surface area (Å²) < 4.78 is 49.1. The Morgan fingerprint density at radius 3 is 2.67 bits per heavy atom. The molecule has 1 aromatic rings. The van der Waals surface area contributed by atoms with Gasteiger partial charge in [0, 0.05) is 18.8 Å². The van der Waals surface area contributed by atoms with Crippen molar-refractivity contribution < 1.29 is 22.3 Å². The number of nitrogens with two attached hydrogens (primary N) is 1. The average Bonchev–Trinajstić information content (AvgIpc) is 2.28. The first-order valence-corrected chi connectivity index (χ1v) is 6.42. The number of anilines is 1. The fourth-order valence-electron chi connectivity index (χ4n) is 1.31. The van der Waals surface area contributed by atoms with E-state index < -0.39 is 36.1 Å². The van der Waals surface area contributed by atoms with E-state index in [0.29, 0.717) is 4.31 Å². The highest BCUT2D eigenvalue weighted by molar-refractivity contribution is 7.89. The number of nitrogens with zero attached hydrogens (tertiary/aromatic N) is 2. The molecule has 0 radical (unpaired) electrons. The van der Waals surface area contributed by atoms with Crippen molar-refractivity contribution in [3.63, 3.8) is 0 Å². The van der Waals surface area contributed by atoms with E-state index in [-0.39, 0.29) is 10.7 Å². The molecule has 102 valence electrons. The molecule has 0 fully saturated rings. The summed E-state index contributed by atoms with van der Waals surface area (Å²) in [5, 5.41) is 8.73. The molecule has 0 aromatic carbocycles. The number of pyridine rings is 1. The molecule has 0 bridgehead atoms. The molecule has 0 saturated heterocycles. The van der Waals surface area contributed by atoms with Crippen molar-refractivity contribution in [2.45, 2.75) is 11.3 Å². The summed E-state index contributed by atoms with van der Waals surface area (Å²) in [5.41, 5.74) is 5.34. The summed E-state index contributed by atoms with van der Waals surface area (Å²) in [6.07, 6.45) is -1.66. The van der Waals surface area contributed by atoms with Crippen molar-refractivity contribution in [1.82, 2.24) is 9.29 Å². The van der Waals surface area contributed by atoms with Crippen LogP contribution in [0.3, 0.4) is 0 Å². The molecule has 1 heterocycles. The van der Waals surface area contributed by atoms with Crippen molar-refractivity contribution in [2.24, 2.45) is 0 Å². The SMILES string of the molecule is Nc1cc(S(=O)(=O)N(CCO)CC(F)F)ccn1. The number of hydrogen-bond donors (Lipinski definition) is 2. The van der Waals surface area contributed by atoms with Crippen LogP contribution in [0.5, 0.6) is 0 Å². The zero-order chi connectivity index (χ0) is 13.8. The van der Waals surface area contributed by atoms with Crippen LogP contribution in [-0.2, 0) is 10.0 Å². The van der Waals surface area contributed by atoms with Crippen LogP contribution in [0.25, 0.3) is 0 Å². The lowest BCUT2D eigenvalue weighted by Crippen LogP contribution is -2.37. The lowest BCUT2D eigenvalue weighted by atomic mass is 10.5. The third-order valence-electron chi connectivity index (χ3n) is 2.08. The lowest BCUT2D eigenvalue weighted by Gasteiger charge is -2.20. The van der Waals surface area contributed by atoms with Gasteiger partial charge < -0.3 is 10.8 Å². The van der Waals surface area contributed by atoms with Crippen LogP contribution >= 0.6 is 0 Å². The van der Waals surface area contributed by atoms with E-state index in [4.69, 9.17) is 10.8 Å². The Bertz CT molecular complexity index is 496. The van der Waals surface area contributed by atoms with Gasteiger partial charge in [-0.25, -0.2) is 22.2 Å². The first kappa shape index (κ1) is 14.7. The molecule has 3 N–H and O–H groups in total. The van der Waals surface area contributed by atoms with Gasteiger partial charge in [-0.1, -0.05) is 0 Å². The molecule has 1 rings (SSSR count). The second-order valence-electron chi connectivity index (χ2n) is 3.39. The van der Waals surface area contributed by atoms with Gasteiger partial charge in [0.05, 0.1) is 18.0 Å². The van der Waals surface area contributed by atoms with Gasteiger partial charge in [-0.05, 0) is 6.07 Å². The molecule has 9 heteroatoms. The van der Waals surface area contributed by atoms with E-state index >= 15 is 0 Å². The summed E-state index contributed by atoms with van der Waals surface area (Å²) in [6, 6.07) is 2.23. The van der Waals surface area contributed by atoms with E-state index in [1.165, 1.54) is 6.20 Å². The molecule has 0 amide bonds. The van der Waals surface area contributed by atoms with Crippen molar-refractivity contribution in [3.05, 3.63) is 18.3 Å². The monoisotopic (exact) mass is 281 g/mol. The number of aliphatic hydroxyl groups excluding tert-OH is 1. The molecule has 0 unspecified atom stereocenters. The molecule has 6 nitrogen and oxygen atoms in total. The maximum absolute atomic E-state index is 12.3. The van der Waals surface area contributed by atoms with Gasteiger partial charge in [-0.3, -0.25) is 0 Å². The fraction of sp³-hybridized carbons (Fsp3) is 0.444. The standard InChI is InChI=1S/C9H13F2N3O3S/c10-8(11)6-14(3-4-15)18(16,17)7-1-2-13-9(12)5-7/h1-2,5,8,15H,3-4,6H2,(H2,12,13). The summed E-state index contributed by atoms with van der Waals surface area (Å²) in [4.78, 5) is 3.38. The van der Waals surface area contributed by atoms with Gasteiger partial charge in [-0.15, -0.1) is 0 Å². The second-order valence-corrected chi connectivity index (χ2v) is 5.33. The Balaban J connectivity index is 3.08. The second kappa shape index (κ2) is 6.03. The number of hydrogen-bond acceptors (Lipinski definition) is 5. The highest BCUT2D eigenvalue weighted by Crippen LogP contribution is 2.17. The van der Waals surface area contributed by atoms with Crippen LogP contribution in [0.2, 0.25) is 0 Å². The number of aliphatic hydroxyl groups is 1. The van der Waals surface area contributed by atoms with Gasteiger partial charge in [0.25, 0.3) is 6.43 Å². The van der Waals surface area contributed by atoms with Crippen molar-refractivity contribution in [2.75, 3.05) is 25.4 Å². The molecule has 0 aliphatic rings. The normalized spacial score (nSPS) is 12.3. The van der Waals surface area contributed by atoms with Gasteiger partial charge in [-0.2, -0.15) is 4.31 Å². The molecule has 0 spiro atoms. The molecular weight excluding hydrogens is 268 g/mol. The van der Waals surface area contributed by atoms with E-state index in [9.17, 15) is 17.2 Å². The van der Waals surface area contributed by atoms with E-state index in [1.807, 2.05) is 0 Å². The molecule has 0 atom stereocenters. The Kier molecular flexibility index (Phi) is 4.93. The molecule has 1 aromatic heterocycles. The van der Waals surface area contributed by atoms with Gasteiger partial charge in [0.1, 0.15) is 5.82 Å². The maximum atomic E-state index is 12.3. The number of nitrogen functional groups attached to an aromatic ring is 1. The van der Waals surface area contributed by atoms with Crippen LogP contribution in [0, 0.1) is 0 Å². The first-order chi connectivity index (χ1) is 8.37. The minimum absolute atomic E-state index is 0.0305. The Morgan fingerprint density at radius 2 is 2.17 bits per heavy atom. The van der Waals surface area contributed by atoms with Gasteiger partial charge >= 0.3 is 0 Å². The predicted octanol–water partition coefficient (Wildman–Crippen LogP) is -0.0881. The Hall–Kier alpha value is -1.32. The van der Waals surface area contributed by atoms with E-state index in [2.05, 4.69) is 4.98 Å². The average molecular weight is 281 g/mol. The smallest absolute Gasteiger partial charge is 0.252 e. The summed E-state index contributed by atoms with van der Waals surface area (Å²) in [6.45, 7) is -1.94. The Labute approximate surface area is 103 Å². The van der Waals surface area contributed by atoms with Gasteiger partial charge in [0.2, 0.25) is 10.0 Å². The highest BCUT2D eigenvalue weighted by Gasteiger charge is 2.27. The number of rotatable bonds is 6. The highest BCUT2D eigenvalue weighted by atomic mass is 32.2. The molecule has 0 aliphatic heterocycles. The van der Waals surface area contributed by atoms with E-state index in [0.717, 1.165) is 12.1 Å². The number of alkyl halides is 2. The molecular formula is C9H13F2N3O3S. The zero-order valence-corrected chi connectivity index (χ0v) is 10.1. The fourth-order valence-corrected chi connectivity index (χ4v) is 2.74. The van der Waals surface area contributed by atoms with Crippen molar-refractivity contribution in [1.29, 1.82) is 0 Å². The number of aromatic nitrogens is 1. The minimum atomic E-state index is -4.11. The number of halogens is 2. The van der Waals surface area contributed by atoms with Crippen LogP contribution in [0.1, 0.15) is 0 Å². The topological polar surface area (TPSA) is 96.5 Å². The summed E-state index contributed by atoms with van der Waals surface area (Å²) in [5.74, 6) is -0.0305. The summed E-state index contributed by atoms with van der Waals surface area (Å²) >= 11 is 0. The summed E-state index contributed by atoms with van der Waals surface area (Å²) in [7, 11) is -4.11. The third-order valence-corrected chi connectivity index (χ3v) is 3.94. The molecule has 0 aliphatic carbocycles. The van der Waals surface area contributed by atoms with Crippen LogP contribution < -0.4 is 5.73 Å². The molecule has 18 heavy (non-hydrogen) atoms. The molecule has 0 saturated carbocycles.